The van der Waals surface area contributed by atoms with Gasteiger partial charge in [-0.15, -0.1) is 11.3 Å². The maximum atomic E-state index is 13.5. The molecule has 0 atom stereocenters. The zero-order chi connectivity index (χ0) is 20.9. The van der Waals surface area contributed by atoms with Gasteiger partial charge in [-0.3, -0.25) is 9.36 Å². The highest BCUT2D eigenvalue weighted by Gasteiger charge is 2.24. The third kappa shape index (κ3) is 3.92. The number of aromatic nitrogens is 2. The third-order valence-electron chi connectivity index (χ3n) is 5.27. The Bertz CT molecular complexity index is 1200. The topological polar surface area (TPSA) is 58.7 Å². The van der Waals surface area contributed by atoms with Crippen LogP contribution in [0.4, 0.5) is 0 Å². The molecule has 4 nitrogen and oxygen atoms in total. The maximum absolute atomic E-state index is 13.5. The Kier molecular flexibility index (Phi) is 6.06. The molecule has 4 aromatic rings. The quantitative estimate of drug-likeness (QED) is 0.376. The SMILES string of the molecule is CCc1cc2c(=O)n(CCCC#N)c(C(c3ccccc3)c3ccccc3)nc2s1. The van der Waals surface area contributed by atoms with Crippen molar-refractivity contribution < 1.29 is 0 Å². The molecular formula is C25H23N3OS. The molecule has 0 aliphatic heterocycles. The van der Waals surface area contributed by atoms with E-state index >= 15 is 0 Å². The van der Waals surface area contributed by atoms with Crippen molar-refractivity contribution in [1.82, 2.24) is 9.55 Å². The van der Waals surface area contributed by atoms with E-state index in [4.69, 9.17) is 10.2 Å². The van der Waals surface area contributed by atoms with E-state index in [-0.39, 0.29) is 11.5 Å². The summed E-state index contributed by atoms with van der Waals surface area (Å²) in [5.41, 5.74) is 2.17. The first-order valence-electron chi connectivity index (χ1n) is 10.2. The summed E-state index contributed by atoms with van der Waals surface area (Å²) in [4.78, 5) is 20.5. The number of benzene rings is 2. The summed E-state index contributed by atoms with van der Waals surface area (Å²) >= 11 is 1.59. The van der Waals surface area contributed by atoms with Crippen LogP contribution in [0.15, 0.2) is 71.5 Å². The van der Waals surface area contributed by atoms with Crippen LogP contribution in [0.3, 0.4) is 0 Å². The first-order chi connectivity index (χ1) is 14.7. The second-order valence-corrected chi connectivity index (χ2v) is 8.34. The van der Waals surface area contributed by atoms with E-state index in [0.29, 0.717) is 24.8 Å². The zero-order valence-corrected chi connectivity index (χ0v) is 17.7. The number of nitriles is 1. The maximum Gasteiger partial charge on any atom is 0.262 e. The minimum absolute atomic E-state index is 0.0132. The summed E-state index contributed by atoms with van der Waals surface area (Å²) in [6.45, 7) is 2.58. The minimum atomic E-state index is -0.154. The van der Waals surface area contributed by atoms with Crippen LogP contribution in [-0.2, 0) is 13.0 Å². The van der Waals surface area contributed by atoms with Gasteiger partial charge >= 0.3 is 0 Å². The molecule has 2 aromatic heterocycles. The standard InChI is InChI=1S/C25H23N3OS/c1-2-20-17-21-24(30-20)27-23(28(25(21)29)16-10-9-15-26)22(18-11-5-3-6-12-18)19-13-7-4-8-14-19/h3-8,11-14,17,22H,2,9-10,16H2,1H3. The average Bonchev–Trinajstić information content (AvgIpc) is 3.21. The highest BCUT2D eigenvalue weighted by Crippen LogP contribution is 2.32. The molecule has 0 aliphatic carbocycles. The molecule has 0 spiro atoms. The van der Waals surface area contributed by atoms with Crippen molar-refractivity contribution in [3.05, 3.63) is 98.9 Å². The molecule has 30 heavy (non-hydrogen) atoms. The molecule has 0 saturated heterocycles. The molecule has 0 amide bonds. The van der Waals surface area contributed by atoms with Crippen LogP contribution in [0.1, 0.15) is 47.5 Å². The lowest BCUT2D eigenvalue weighted by molar-refractivity contribution is 0.583. The monoisotopic (exact) mass is 413 g/mol. The Balaban J connectivity index is 1.98. The number of hydrogen-bond acceptors (Lipinski definition) is 4. The van der Waals surface area contributed by atoms with Gasteiger partial charge < -0.3 is 0 Å². The van der Waals surface area contributed by atoms with Crippen molar-refractivity contribution in [2.45, 2.75) is 38.6 Å². The van der Waals surface area contributed by atoms with Gasteiger partial charge in [-0.05, 0) is 30.0 Å². The highest BCUT2D eigenvalue weighted by molar-refractivity contribution is 7.18. The van der Waals surface area contributed by atoms with Gasteiger partial charge in [0, 0.05) is 17.8 Å². The van der Waals surface area contributed by atoms with E-state index in [1.807, 2.05) is 42.5 Å². The molecule has 2 heterocycles. The molecule has 0 radical (unpaired) electrons. The number of hydrogen-bond donors (Lipinski definition) is 0. The van der Waals surface area contributed by atoms with Crippen LogP contribution in [0.2, 0.25) is 0 Å². The molecule has 4 rings (SSSR count). The summed E-state index contributed by atoms with van der Waals surface area (Å²) in [7, 11) is 0. The molecule has 0 unspecified atom stereocenters. The Morgan fingerprint density at radius 2 is 1.70 bits per heavy atom. The van der Waals surface area contributed by atoms with Crippen molar-refractivity contribution in [2.75, 3.05) is 0 Å². The zero-order valence-electron chi connectivity index (χ0n) is 16.9. The molecule has 0 fully saturated rings. The lowest BCUT2D eigenvalue weighted by Crippen LogP contribution is -2.27. The largest absolute Gasteiger partial charge is 0.295 e. The van der Waals surface area contributed by atoms with Gasteiger partial charge in [-0.25, -0.2) is 4.98 Å². The first-order valence-corrected chi connectivity index (χ1v) is 11.0. The van der Waals surface area contributed by atoms with Gasteiger partial charge in [0.25, 0.3) is 5.56 Å². The van der Waals surface area contributed by atoms with Crippen molar-refractivity contribution >= 4 is 21.6 Å². The summed E-state index contributed by atoms with van der Waals surface area (Å²) in [5.74, 6) is 0.589. The fourth-order valence-corrected chi connectivity index (χ4v) is 4.75. The summed E-state index contributed by atoms with van der Waals surface area (Å²) in [6, 6.07) is 24.5. The number of unbranched alkanes of at least 4 members (excludes halogenated alkanes) is 1. The Labute approximate surface area is 180 Å². The van der Waals surface area contributed by atoms with Gasteiger partial charge in [0.2, 0.25) is 0 Å². The van der Waals surface area contributed by atoms with Crippen LogP contribution in [0.5, 0.6) is 0 Å². The summed E-state index contributed by atoms with van der Waals surface area (Å²) in [5, 5.41) is 9.68. The molecule has 2 aromatic carbocycles. The minimum Gasteiger partial charge on any atom is -0.295 e. The predicted molar refractivity (Wildman–Crippen MR) is 122 cm³/mol. The predicted octanol–water partition coefficient (Wildman–Crippen LogP) is 5.50. The van der Waals surface area contributed by atoms with E-state index in [0.717, 1.165) is 33.1 Å². The van der Waals surface area contributed by atoms with E-state index < -0.39 is 0 Å². The fourth-order valence-electron chi connectivity index (χ4n) is 3.79. The van der Waals surface area contributed by atoms with Gasteiger partial charge in [-0.1, -0.05) is 67.6 Å². The van der Waals surface area contributed by atoms with Crippen molar-refractivity contribution in [3.8, 4) is 6.07 Å². The van der Waals surface area contributed by atoms with E-state index in [1.54, 1.807) is 15.9 Å². The number of nitrogens with zero attached hydrogens (tertiary/aromatic N) is 3. The molecule has 150 valence electrons. The number of thiophene rings is 1. The average molecular weight is 414 g/mol. The molecule has 0 N–H and O–H groups in total. The van der Waals surface area contributed by atoms with Crippen molar-refractivity contribution in [1.29, 1.82) is 5.26 Å². The summed E-state index contributed by atoms with van der Waals surface area (Å²) < 4.78 is 1.79. The molecule has 5 heteroatoms. The van der Waals surface area contributed by atoms with Crippen molar-refractivity contribution in [2.24, 2.45) is 0 Å². The molecule has 0 bridgehead atoms. The van der Waals surface area contributed by atoms with E-state index in [2.05, 4.69) is 37.3 Å². The number of rotatable bonds is 7. The number of aryl methyl sites for hydroxylation is 1. The Morgan fingerprint density at radius 3 is 2.27 bits per heavy atom. The van der Waals surface area contributed by atoms with Crippen LogP contribution < -0.4 is 5.56 Å². The van der Waals surface area contributed by atoms with Crippen LogP contribution >= 0.6 is 11.3 Å². The second kappa shape index (κ2) is 9.06. The fraction of sp³-hybridized carbons (Fsp3) is 0.240. The highest BCUT2D eigenvalue weighted by atomic mass is 32.1. The molecular weight excluding hydrogens is 390 g/mol. The van der Waals surface area contributed by atoms with Crippen LogP contribution in [-0.4, -0.2) is 9.55 Å². The van der Waals surface area contributed by atoms with E-state index in [9.17, 15) is 4.79 Å². The van der Waals surface area contributed by atoms with Crippen LogP contribution in [0.25, 0.3) is 10.2 Å². The van der Waals surface area contributed by atoms with E-state index in [1.165, 1.54) is 0 Å². The molecule has 0 aliphatic rings. The number of fused-ring (bicyclic) bond motifs is 1. The van der Waals surface area contributed by atoms with Gasteiger partial charge in [0.15, 0.2) is 0 Å². The summed E-state index contributed by atoms with van der Waals surface area (Å²) in [6.07, 6.45) is 1.91. The normalized spacial score (nSPS) is 11.1. The van der Waals surface area contributed by atoms with Crippen LogP contribution in [0, 0.1) is 11.3 Å². The van der Waals surface area contributed by atoms with Gasteiger partial charge in [0.05, 0.1) is 17.4 Å². The smallest absolute Gasteiger partial charge is 0.262 e. The Hall–Kier alpha value is -3.23. The first kappa shape index (κ1) is 20.1. The lowest BCUT2D eigenvalue weighted by atomic mass is 9.90. The lowest BCUT2D eigenvalue weighted by Gasteiger charge is -2.22. The van der Waals surface area contributed by atoms with Gasteiger partial charge in [-0.2, -0.15) is 5.26 Å². The molecule has 0 saturated carbocycles. The Morgan fingerprint density at radius 1 is 1.07 bits per heavy atom. The van der Waals surface area contributed by atoms with Crippen molar-refractivity contribution in [3.63, 3.8) is 0 Å². The van der Waals surface area contributed by atoms with Gasteiger partial charge in [0.1, 0.15) is 10.7 Å². The third-order valence-corrected chi connectivity index (χ3v) is 6.45. The second-order valence-electron chi connectivity index (χ2n) is 7.23.